The molecule has 0 atom stereocenters. The molecule has 168 valence electrons. The van der Waals surface area contributed by atoms with E-state index in [4.69, 9.17) is 21.1 Å². The molecule has 9 heteroatoms. The highest BCUT2D eigenvalue weighted by Crippen LogP contribution is 2.32. The summed E-state index contributed by atoms with van der Waals surface area (Å²) in [7, 11) is -1.22. The van der Waals surface area contributed by atoms with Gasteiger partial charge in [0, 0.05) is 16.8 Å². The molecule has 0 aromatic heterocycles. The highest BCUT2D eigenvalue weighted by atomic mass is 35.5. The number of hydrogen-bond acceptors (Lipinski definition) is 5. The Hall–Kier alpha value is -3.23. The lowest BCUT2D eigenvalue weighted by Crippen LogP contribution is -2.38. The molecule has 0 unspecified atom stereocenters. The van der Waals surface area contributed by atoms with Crippen LogP contribution >= 0.6 is 11.6 Å². The van der Waals surface area contributed by atoms with Crippen LogP contribution in [-0.4, -0.2) is 35.1 Å². The molecule has 3 rings (SSSR count). The zero-order valence-corrected chi connectivity index (χ0v) is 19.4. The third-order valence-corrected chi connectivity index (χ3v) is 6.91. The molecule has 0 heterocycles. The number of nitrogens with zero attached hydrogens (tertiary/aromatic N) is 1. The van der Waals surface area contributed by atoms with Gasteiger partial charge in [0.2, 0.25) is 5.91 Å². The van der Waals surface area contributed by atoms with Gasteiger partial charge in [0.15, 0.2) is 11.5 Å². The molecule has 32 heavy (non-hydrogen) atoms. The number of halogens is 1. The molecular formula is C23H23ClN2O5S. The maximum Gasteiger partial charge on any atom is 0.264 e. The summed E-state index contributed by atoms with van der Waals surface area (Å²) in [5.74, 6) is 0.143. The van der Waals surface area contributed by atoms with Crippen molar-refractivity contribution in [2.45, 2.75) is 11.8 Å². The first kappa shape index (κ1) is 23.4. The Kier molecular flexibility index (Phi) is 7.27. The second-order valence-electron chi connectivity index (χ2n) is 6.88. The van der Waals surface area contributed by atoms with E-state index in [1.54, 1.807) is 48.5 Å². The number of anilines is 2. The van der Waals surface area contributed by atoms with E-state index in [1.165, 1.54) is 32.4 Å². The van der Waals surface area contributed by atoms with Crippen molar-refractivity contribution >= 4 is 38.9 Å². The van der Waals surface area contributed by atoms with E-state index in [2.05, 4.69) is 5.32 Å². The van der Waals surface area contributed by atoms with Crippen LogP contribution in [0.15, 0.2) is 71.6 Å². The van der Waals surface area contributed by atoms with Crippen LogP contribution in [0.5, 0.6) is 11.5 Å². The Morgan fingerprint density at radius 3 is 2.28 bits per heavy atom. The fourth-order valence-electron chi connectivity index (χ4n) is 3.02. The molecule has 0 aliphatic heterocycles. The third kappa shape index (κ3) is 5.15. The SMILES string of the molecule is COc1ccc(S(=O)(=O)N(CC(=O)Nc2ccc(C)c(Cl)c2)c2ccccc2)cc1OC. The molecule has 0 saturated heterocycles. The second-order valence-corrected chi connectivity index (χ2v) is 9.15. The summed E-state index contributed by atoms with van der Waals surface area (Å²) >= 11 is 6.13. The Morgan fingerprint density at radius 1 is 0.969 bits per heavy atom. The smallest absolute Gasteiger partial charge is 0.264 e. The molecule has 0 aliphatic carbocycles. The number of rotatable bonds is 8. The predicted octanol–water partition coefficient (Wildman–Crippen LogP) is 4.50. The zero-order valence-electron chi connectivity index (χ0n) is 17.8. The van der Waals surface area contributed by atoms with Crippen LogP contribution in [0.2, 0.25) is 5.02 Å². The van der Waals surface area contributed by atoms with Crippen molar-refractivity contribution in [3.05, 3.63) is 77.3 Å². The average Bonchev–Trinajstić information content (AvgIpc) is 2.79. The number of carbonyl (C=O) groups is 1. The van der Waals surface area contributed by atoms with Gasteiger partial charge in [-0.1, -0.05) is 35.9 Å². The first-order valence-electron chi connectivity index (χ1n) is 9.62. The Balaban J connectivity index is 1.95. The third-order valence-electron chi connectivity index (χ3n) is 4.73. The topological polar surface area (TPSA) is 84.9 Å². The summed E-state index contributed by atoms with van der Waals surface area (Å²) in [5, 5.41) is 3.20. The van der Waals surface area contributed by atoms with Crippen molar-refractivity contribution in [1.82, 2.24) is 0 Å². The largest absolute Gasteiger partial charge is 0.493 e. The molecule has 3 aromatic carbocycles. The number of carbonyl (C=O) groups excluding carboxylic acids is 1. The van der Waals surface area contributed by atoms with Gasteiger partial charge in [0.1, 0.15) is 6.54 Å². The highest BCUT2D eigenvalue weighted by molar-refractivity contribution is 7.92. The molecule has 1 amide bonds. The van der Waals surface area contributed by atoms with Gasteiger partial charge < -0.3 is 14.8 Å². The van der Waals surface area contributed by atoms with Crippen LogP contribution in [0, 0.1) is 6.92 Å². The lowest BCUT2D eigenvalue weighted by atomic mass is 10.2. The first-order valence-corrected chi connectivity index (χ1v) is 11.4. The number of methoxy groups -OCH3 is 2. The number of benzene rings is 3. The van der Waals surface area contributed by atoms with E-state index in [0.717, 1.165) is 9.87 Å². The van der Waals surface area contributed by atoms with Crippen LogP contribution in [-0.2, 0) is 14.8 Å². The Morgan fingerprint density at radius 2 is 1.66 bits per heavy atom. The van der Waals surface area contributed by atoms with Crippen molar-refractivity contribution in [1.29, 1.82) is 0 Å². The molecule has 1 N–H and O–H groups in total. The lowest BCUT2D eigenvalue weighted by molar-refractivity contribution is -0.114. The van der Waals surface area contributed by atoms with Crippen LogP contribution in [0.3, 0.4) is 0 Å². The van der Waals surface area contributed by atoms with E-state index in [0.29, 0.717) is 22.1 Å². The van der Waals surface area contributed by atoms with E-state index in [9.17, 15) is 13.2 Å². The van der Waals surface area contributed by atoms with Crippen LogP contribution in [0.4, 0.5) is 11.4 Å². The van der Waals surface area contributed by atoms with E-state index >= 15 is 0 Å². The number of nitrogens with one attached hydrogen (secondary N) is 1. The zero-order chi connectivity index (χ0) is 23.3. The van der Waals surface area contributed by atoms with Gasteiger partial charge >= 0.3 is 0 Å². The van der Waals surface area contributed by atoms with Crippen molar-refractivity contribution < 1.29 is 22.7 Å². The molecule has 0 saturated carbocycles. The molecule has 0 fully saturated rings. The average molecular weight is 475 g/mol. The fraction of sp³-hybridized carbons (Fsp3) is 0.174. The van der Waals surface area contributed by atoms with Crippen LogP contribution in [0.25, 0.3) is 0 Å². The van der Waals surface area contributed by atoms with Gasteiger partial charge in [0.05, 0.1) is 24.8 Å². The number of para-hydroxylation sites is 1. The van der Waals surface area contributed by atoms with Crippen molar-refractivity contribution in [2.24, 2.45) is 0 Å². The van der Waals surface area contributed by atoms with Gasteiger partial charge in [-0.2, -0.15) is 0 Å². The first-order chi connectivity index (χ1) is 15.3. The Bertz CT molecular complexity index is 1220. The van der Waals surface area contributed by atoms with E-state index < -0.39 is 22.5 Å². The summed E-state index contributed by atoms with van der Waals surface area (Å²) in [6, 6.07) is 17.8. The van der Waals surface area contributed by atoms with E-state index in [1.807, 2.05) is 6.92 Å². The summed E-state index contributed by atoms with van der Waals surface area (Å²) < 4.78 is 38.5. The fourth-order valence-corrected chi connectivity index (χ4v) is 4.63. The second kappa shape index (κ2) is 9.93. The van der Waals surface area contributed by atoms with Gasteiger partial charge in [0.25, 0.3) is 10.0 Å². The molecule has 3 aromatic rings. The maximum atomic E-state index is 13.5. The van der Waals surface area contributed by atoms with Gasteiger partial charge in [-0.25, -0.2) is 8.42 Å². The van der Waals surface area contributed by atoms with Crippen molar-refractivity contribution in [3.63, 3.8) is 0 Å². The van der Waals surface area contributed by atoms with Crippen molar-refractivity contribution in [2.75, 3.05) is 30.4 Å². The van der Waals surface area contributed by atoms with Gasteiger partial charge in [-0.3, -0.25) is 9.10 Å². The van der Waals surface area contributed by atoms with Crippen LogP contribution in [0.1, 0.15) is 5.56 Å². The maximum absolute atomic E-state index is 13.5. The summed E-state index contributed by atoms with van der Waals surface area (Å²) in [6.07, 6.45) is 0. The quantitative estimate of drug-likeness (QED) is 0.519. The lowest BCUT2D eigenvalue weighted by Gasteiger charge is -2.24. The number of aryl methyl sites for hydroxylation is 1. The number of sulfonamides is 1. The van der Waals surface area contributed by atoms with Gasteiger partial charge in [-0.15, -0.1) is 0 Å². The normalized spacial score (nSPS) is 11.0. The van der Waals surface area contributed by atoms with Gasteiger partial charge in [-0.05, 0) is 48.9 Å². The summed E-state index contributed by atoms with van der Waals surface area (Å²) in [4.78, 5) is 12.8. The highest BCUT2D eigenvalue weighted by Gasteiger charge is 2.28. The van der Waals surface area contributed by atoms with Crippen molar-refractivity contribution in [3.8, 4) is 11.5 Å². The number of hydrogen-bond donors (Lipinski definition) is 1. The van der Waals surface area contributed by atoms with Crippen LogP contribution < -0.4 is 19.1 Å². The summed E-state index contributed by atoms with van der Waals surface area (Å²) in [5.41, 5.74) is 1.69. The number of amides is 1. The Labute approximate surface area is 192 Å². The van der Waals surface area contributed by atoms with E-state index in [-0.39, 0.29) is 10.6 Å². The minimum atomic E-state index is -4.10. The standard InChI is InChI=1S/C23H23ClN2O5S/c1-16-9-10-17(13-20(16)24)25-23(27)15-26(18-7-5-4-6-8-18)32(28,29)19-11-12-21(30-2)22(14-19)31-3/h4-14H,15H2,1-3H3,(H,25,27). The monoisotopic (exact) mass is 474 g/mol. The predicted molar refractivity (Wildman–Crippen MR) is 125 cm³/mol. The number of ether oxygens (including phenoxy) is 2. The molecule has 0 spiro atoms. The minimum Gasteiger partial charge on any atom is -0.493 e. The minimum absolute atomic E-state index is 0.0369. The summed E-state index contributed by atoms with van der Waals surface area (Å²) in [6.45, 7) is 1.41. The molecule has 0 aliphatic rings. The molecule has 0 radical (unpaired) electrons. The molecule has 0 bridgehead atoms. The molecule has 7 nitrogen and oxygen atoms in total. The molecular weight excluding hydrogens is 452 g/mol.